The molecule has 0 aliphatic carbocycles. The van der Waals surface area contributed by atoms with Crippen LogP contribution < -0.4 is 9.47 Å². The minimum atomic E-state index is -0.465. The van der Waals surface area contributed by atoms with E-state index in [1.54, 1.807) is 6.07 Å². The predicted molar refractivity (Wildman–Crippen MR) is 130 cm³/mol. The number of hydrogen-bond acceptors (Lipinski definition) is 5. The van der Waals surface area contributed by atoms with Gasteiger partial charge in [0.15, 0.2) is 0 Å². The van der Waals surface area contributed by atoms with Crippen LogP contribution in [-0.2, 0) is 17.6 Å². The van der Waals surface area contributed by atoms with E-state index < -0.39 is 6.10 Å². The second-order valence-corrected chi connectivity index (χ2v) is 9.57. The summed E-state index contributed by atoms with van der Waals surface area (Å²) < 4.78 is 31.2. The lowest BCUT2D eigenvalue weighted by molar-refractivity contribution is -0.113. The van der Waals surface area contributed by atoms with Crippen LogP contribution in [0.25, 0.3) is 0 Å². The van der Waals surface area contributed by atoms with Gasteiger partial charge in [-0.2, -0.15) is 0 Å². The van der Waals surface area contributed by atoms with Crippen LogP contribution in [0.1, 0.15) is 46.8 Å². The van der Waals surface area contributed by atoms with Gasteiger partial charge in [-0.3, -0.25) is 0 Å². The van der Waals surface area contributed by atoms with Crippen molar-refractivity contribution in [2.45, 2.75) is 57.0 Å². The normalized spacial score (nSPS) is 23.5. The summed E-state index contributed by atoms with van der Waals surface area (Å²) in [6, 6.07) is 18.9. The lowest BCUT2D eigenvalue weighted by Gasteiger charge is -2.32. The molecule has 2 heterocycles. The molecule has 1 fully saturated rings. The monoisotopic (exact) mass is 478 g/mol. The average molecular weight is 479 g/mol. The van der Waals surface area contributed by atoms with Crippen LogP contribution in [0.15, 0.2) is 60.7 Å². The fraction of sp³-hybridized carbons (Fsp3) is 0.379. The summed E-state index contributed by atoms with van der Waals surface area (Å²) in [6.45, 7) is 2.41. The van der Waals surface area contributed by atoms with Gasteiger partial charge in [-0.1, -0.05) is 30.3 Å². The number of benzene rings is 3. The highest BCUT2D eigenvalue weighted by Crippen LogP contribution is 2.33. The standard InChI is InChI=1S/C29H31FO5/c1-18-2-5-20(29-15-24(32)14-26(16-31)34-29)11-21(18)10-19-3-7-25(8-4-19)33-17-27-13-22-12-23(30)6-9-28(22)35-27/h2-9,11-12,24,26-27,29,31-32H,10,13-17H2,1H3/t24-,26-,27?,29+/m0/s1. The van der Waals surface area contributed by atoms with Gasteiger partial charge in [-0.05, 0) is 65.9 Å². The van der Waals surface area contributed by atoms with Crippen LogP contribution in [0.3, 0.4) is 0 Å². The first-order valence-electron chi connectivity index (χ1n) is 12.2. The van der Waals surface area contributed by atoms with Gasteiger partial charge in [0.25, 0.3) is 0 Å². The minimum Gasteiger partial charge on any atom is -0.490 e. The van der Waals surface area contributed by atoms with Crippen LogP contribution >= 0.6 is 0 Å². The predicted octanol–water partition coefficient (Wildman–Crippen LogP) is 4.68. The summed E-state index contributed by atoms with van der Waals surface area (Å²) in [5, 5.41) is 19.6. The van der Waals surface area contributed by atoms with Crippen molar-refractivity contribution >= 4 is 0 Å². The smallest absolute Gasteiger partial charge is 0.137 e. The molecule has 35 heavy (non-hydrogen) atoms. The third-order valence-corrected chi connectivity index (χ3v) is 6.84. The molecule has 2 N–H and O–H groups in total. The van der Waals surface area contributed by atoms with Crippen LogP contribution in [0.5, 0.6) is 11.5 Å². The van der Waals surface area contributed by atoms with Crippen molar-refractivity contribution in [2.24, 2.45) is 0 Å². The zero-order valence-electron chi connectivity index (χ0n) is 19.8. The first kappa shape index (κ1) is 23.8. The average Bonchev–Trinajstić information content (AvgIpc) is 3.26. The number of ether oxygens (including phenoxy) is 3. The number of hydrogen-bond donors (Lipinski definition) is 2. The van der Waals surface area contributed by atoms with Crippen molar-refractivity contribution < 1.29 is 28.8 Å². The van der Waals surface area contributed by atoms with E-state index in [4.69, 9.17) is 14.2 Å². The van der Waals surface area contributed by atoms with Crippen molar-refractivity contribution in [1.29, 1.82) is 0 Å². The van der Waals surface area contributed by atoms with Gasteiger partial charge < -0.3 is 24.4 Å². The molecule has 0 spiro atoms. The third kappa shape index (κ3) is 5.67. The Morgan fingerprint density at radius 1 is 1.00 bits per heavy atom. The molecule has 6 heteroatoms. The number of rotatable bonds is 7. The Kier molecular flexibility index (Phi) is 7.04. The number of aliphatic hydroxyl groups excluding tert-OH is 2. The van der Waals surface area contributed by atoms with Gasteiger partial charge in [0.1, 0.15) is 30.0 Å². The molecule has 2 aliphatic heterocycles. The van der Waals surface area contributed by atoms with Gasteiger partial charge in [0.2, 0.25) is 0 Å². The molecule has 1 unspecified atom stereocenters. The fourth-order valence-electron chi connectivity index (χ4n) is 4.90. The highest BCUT2D eigenvalue weighted by molar-refractivity contribution is 5.39. The molecule has 2 aliphatic rings. The molecular formula is C29H31FO5. The third-order valence-electron chi connectivity index (χ3n) is 6.84. The highest BCUT2D eigenvalue weighted by Gasteiger charge is 2.29. The molecule has 0 saturated carbocycles. The quantitative estimate of drug-likeness (QED) is 0.516. The van der Waals surface area contributed by atoms with Crippen molar-refractivity contribution in [3.63, 3.8) is 0 Å². The fourth-order valence-corrected chi connectivity index (χ4v) is 4.90. The van der Waals surface area contributed by atoms with Gasteiger partial charge in [0, 0.05) is 24.8 Å². The highest BCUT2D eigenvalue weighted by atomic mass is 19.1. The Hall–Kier alpha value is -2.93. The maximum absolute atomic E-state index is 13.4. The molecule has 0 amide bonds. The van der Waals surface area contributed by atoms with Gasteiger partial charge in [0.05, 0.1) is 24.9 Å². The molecule has 3 aromatic carbocycles. The Morgan fingerprint density at radius 2 is 1.83 bits per heavy atom. The van der Waals surface area contributed by atoms with E-state index in [1.165, 1.54) is 23.3 Å². The number of aryl methyl sites for hydroxylation is 1. The van der Waals surface area contributed by atoms with Gasteiger partial charge in [-0.15, -0.1) is 0 Å². The molecule has 5 nitrogen and oxygen atoms in total. The summed E-state index contributed by atoms with van der Waals surface area (Å²) in [5.41, 5.74) is 5.46. The zero-order chi connectivity index (χ0) is 24.4. The van der Waals surface area contributed by atoms with Gasteiger partial charge >= 0.3 is 0 Å². The maximum atomic E-state index is 13.4. The molecule has 3 aromatic rings. The molecule has 0 bridgehead atoms. The molecule has 0 radical (unpaired) electrons. The topological polar surface area (TPSA) is 68.2 Å². The van der Waals surface area contributed by atoms with E-state index in [0.29, 0.717) is 25.9 Å². The largest absolute Gasteiger partial charge is 0.490 e. The summed E-state index contributed by atoms with van der Waals surface area (Å²) in [4.78, 5) is 0. The van der Waals surface area contributed by atoms with Crippen molar-refractivity contribution in [3.8, 4) is 11.5 Å². The van der Waals surface area contributed by atoms with E-state index in [1.807, 2.05) is 18.2 Å². The molecule has 5 rings (SSSR count). The molecule has 4 atom stereocenters. The molecule has 0 aromatic heterocycles. The SMILES string of the molecule is Cc1ccc([C@H]2C[C@@H](O)C[C@@H](CO)O2)cc1Cc1ccc(OCC2Cc3cc(F)ccc3O2)cc1. The lowest BCUT2D eigenvalue weighted by atomic mass is 9.92. The Bertz CT molecular complexity index is 1160. The van der Waals surface area contributed by atoms with E-state index in [9.17, 15) is 14.6 Å². The summed E-state index contributed by atoms with van der Waals surface area (Å²) in [6.07, 6.45) is 1.29. The number of halogens is 1. The second-order valence-electron chi connectivity index (χ2n) is 9.57. The summed E-state index contributed by atoms with van der Waals surface area (Å²) in [7, 11) is 0. The van der Waals surface area contributed by atoms with E-state index in [0.717, 1.165) is 34.6 Å². The Labute approximate surface area is 205 Å². The van der Waals surface area contributed by atoms with Gasteiger partial charge in [-0.25, -0.2) is 4.39 Å². The van der Waals surface area contributed by atoms with E-state index in [2.05, 4.69) is 31.2 Å². The molecule has 1 saturated heterocycles. The Balaban J connectivity index is 1.19. The first-order chi connectivity index (χ1) is 17.0. The summed E-state index contributed by atoms with van der Waals surface area (Å²) >= 11 is 0. The second kappa shape index (κ2) is 10.4. The summed E-state index contributed by atoms with van der Waals surface area (Å²) in [5.74, 6) is 1.25. The van der Waals surface area contributed by atoms with Crippen molar-refractivity contribution in [3.05, 3.63) is 94.3 Å². The maximum Gasteiger partial charge on any atom is 0.137 e. The van der Waals surface area contributed by atoms with Crippen LogP contribution in [-0.4, -0.2) is 41.7 Å². The van der Waals surface area contributed by atoms with Crippen LogP contribution in [0.2, 0.25) is 0 Å². The zero-order valence-corrected chi connectivity index (χ0v) is 19.8. The number of aliphatic hydroxyl groups is 2. The van der Waals surface area contributed by atoms with Crippen molar-refractivity contribution in [1.82, 2.24) is 0 Å². The van der Waals surface area contributed by atoms with Crippen molar-refractivity contribution in [2.75, 3.05) is 13.2 Å². The Morgan fingerprint density at radius 3 is 2.63 bits per heavy atom. The molecule has 184 valence electrons. The lowest BCUT2D eigenvalue weighted by Crippen LogP contribution is -2.33. The number of fused-ring (bicyclic) bond motifs is 1. The minimum absolute atomic E-state index is 0.0843. The van der Waals surface area contributed by atoms with Crippen LogP contribution in [0.4, 0.5) is 4.39 Å². The van der Waals surface area contributed by atoms with E-state index >= 15 is 0 Å². The molecular weight excluding hydrogens is 447 g/mol. The van der Waals surface area contributed by atoms with E-state index in [-0.39, 0.29) is 30.7 Å². The van der Waals surface area contributed by atoms with Crippen LogP contribution in [0, 0.1) is 12.7 Å². The first-order valence-corrected chi connectivity index (χ1v) is 12.2.